The molecule has 0 spiro atoms. The van der Waals surface area contributed by atoms with Crippen molar-refractivity contribution < 1.29 is 13.9 Å². The molecule has 1 aliphatic carbocycles. The van der Waals surface area contributed by atoms with Gasteiger partial charge in [-0.2, -0.15) is 5.10 Å². The van der Waals surface area contributed by atoms with E-state index in [0.29, 0.717) is 23.8 Å². The molecule has 0 fully saturated rings. The van der Waals surface area contributed by atoms with Crippen molar-refractivity contribution in [1.29, 1.82) is 0 Å². The molecule has 30 heavy (non-hydrogen) atoms. The molecule has 0 bridgehead atoms. The molecule has 2 aromatic heterocycles. The maximum Gasteiger partial charge on any atom is 0.247 e. The van der Waals surface area contributed by atoms with Crippen LogP contribution in [0.25, 0.3) is 17.7 Å². The Morgan fingerprint density at radius 1 is 1.00 bits per heavy atom. The number of nitrogens with one attached hydrogen (secondary N) is 1. The second-order valence-electron chi connectivity index (χ2n) is 7.22. The Bertz CT molecular complexity index is 1200. The van der Waals surface area contributed by atoms with Crippen molar-refractivity contribution in [3.8, 4) is 23.1 Å². The largest absolute Gasteiger partial charge is 0.493 e. The van der Waals surface area contributed by atoms with Crippen molar-refractivity contribution in [3.63, 3.8) is 0 Å². The Kier molecular flexibility index (Phi) is 4.39. The SMILES string of the molecule is COc1ccc(C2(c3ccccc3)C=Cc3c(-c4ncco4)n[nH]c3C2)cc1OC. The van der Waals surface area contributed by atoms with Crippen LogP contribution >= 0.6 is 0 Å². The van der Waals surface area contributed by atoms with Gasteiger partial charge in [0.2, 0.25) is 5.89 Å². The lowest BCUT2D eigenvalue weighted by Crippen LogP contribution is -2.30. The highest BCUT2D eigenvalue weighted by atomic mass is 16.5. The summed E-state index contributed by atoms with van der Waals surface area (Å²) < 4.78 is 16.5. The molecule has 1 aliphatic rings. The summed E-state index contributed by atoms with van der Waals surface area (Å²) in [4.78, 5) is 4.25. The molecular weight excluding hydrogens is 378 g/mol. The van der Waals surface area contributed by atoms with E-state index in [1.54, 1.807) is 26.7 Å². The number of hydrogen-bond donors (Lipinski definition) is 1. The van der Waals surface area contributed by atoms with Crippen LogP contribution in [-0.2, 0) is 11.8 Å². The van der Waals surface area contributed by atoms with E-state index in [1.807, 2.05) is 18.2 Å². The third-order valence-electron chi connectivity index (χ3n) is 5.70. The maximum absolute atomic E-state index is 5.58. The van der Waals surface area contributed by atoms with Gasteiger partial charge in [0.05, 0.1) is 20.4 Å². The minimum atomic E-state index is -0.381. The summed E-state index contributed by atoms with van der Waals surface area (Å²) in [6.45, 7) is 0. The number of hydrogen-bond acceptors (Lipinski definition) is 5. The smallest absolute Gasteiger partial charge is 0.247 e. The summed E-state index contributed by atoms with van der Waals surface area (Å²) in [6.07, 6.45) is 8.23. The number of fused-ring (bicyclic) bond motifs is 1. The summed E-state index contributed by atoms with van der Waals surface area (Å²) >= 11 is 0. The molecule has 6 heteroatoms. The molecule has 6 nitrogen and oxygen atoms in total. The zero-order valence-electron chi connectivity index (χ0n) is 16.8. The lowest BCUT2D eigenvalue weighted by molar-refractivity contribution is 0.354. The molecule has 4 aromatic rings. The second-order valence-corrected chi connectivity index (χ2v) is 7.22. The number of H-pyrrole nitrogens is 1. The zero-order valence-corrected chi connectivity index (χ0v) is 16.8. The van der Waals surface area contributed by atoms with Crippen molar-refractivity contribution in [2.75, 3.05) is 14.2 Å². The predicted octanol–water partition coefficient (Wildman–Crippen LogP) is 4.64. The number of oxazole rings is 1. The lowest BCUT2D eigenvalue weighted by atomic mass is 9.68. The maximum atomic E-state index is 5.58. The summed E-state index contributed by atoms with van der Waals surface area (Å²) in [6, 6.07) is 16.5. The van der Waals surface area contributed by atoms with E-state index >= 15 is 0 Å². The lowest BCUT2D eigenvalue weighted by Gasteiger charge is -2.34. The van der Waals surface area contributed by atoms with Crippen LogP contribution < -0.4 is 9.47 Å². The average molecular weight is 399 g/mol. The molecular formula is C24H21N3O3. The van der Waals surface area contributed by atoms with Crippen molar-refractivity contribution >= 4 is 6.08 Å². The number of methoxy groups -OCH3 is 2. The van der Waals surface area contributed by atoms with Crippen molar-refractivity contribution in [2.45, 2.75) is 11.8 Å². The van der Waals surface area contributed by atoms with Gasteiger partial charge in [0, 0.05) is 23.1 Å². The van der Waals surface area contributed by atoms with Crippen LogP contribution in [0.15, 0.2) is 71.5 Å². The van der Waals surface area contributed by atoms with E-state index in [9.17, 15) is 0 Å². The van der Waals surface area contributed by atoms with Crippen LogP contribution in [0.5, 0.6) is 11.5 Å². The molecule has 0 aliphatic heterocycles. The van der Waals surface area contributed by atoms with Gasteiger partial charge in [-0.25, -0.2) is 4.98 Å². The molecule has 2 heterocycles. The predicted molar refractivity (Wildman–Crippen MR) is 114 cm³/mol. The fraction of sp³-hybridized carbons (Fsp3) is 0.167. The number of rotatable bonds is 5. The van der Waals surface area contributed by atoms with Gasteiger partial charge in [0.25, 0.3) is 0 Å². The number of benzene rings is 2. The van der Waals surface area contributed by atoms with Gasteiger partial charge in [0.15, 0.2) is 17.2 Å². The van der Waals surface area contributed by atoms with Gasteiger partial charge in [-0.1, -0.05) is 48.6 Å². The van der Waals surface area contributed by atoms with E-state index in [1.165, 1.54) is 5.56 Å². The van der Waals surface area contributed by atoms with Crippen LogP contribution in [0.2, 0.25) is 0 Å². The molecule has 1 unspecified atom stereocenters. The Morgan fingerprint density at radius 2 is 1.83 bits per heavy atom. The van der Waals surface area contributed by atoms with Gasteiger partial charge in [-0.15, -0.1) is 0 Å². The third-order valence-corrected chi connectivity index (χ3v) is 5.70. The van der Waals surface area contributed by atoms with E-state index in [4.69, 9.17) is 13.9 Å². The number of aromatic amines is 1. The van der Waals surface area contributed by atoms with E-state index < -0.39 is 0 Å². The van der Waals surface area contributed by atoms with Crippen molar-refractivity contribution in [2.24, 2.45) is 0 Å². The highest BCUT2D eigenvalue weighted by molar-refractivity contribution is 5.73. The summed E-state index contributed by atoms with van der Waals surface area (Å²) in [5, 5.41) is 7.68. The normalized spacial score (nSPS) is 17.5. The molecule has 0 amide bonds. The van der Waals surface area contributed by atoms with E-state index in [-0.39, 0.29) is 5.41 Å². The summed E-state index contributed by atoms with van der Waals surface area (Å²) in [7, 11) is 3.30. The Labute approximate surface area is 174 Å². The van der Waals surface area contributed by atoms with Crippen LogP contribution in [0.4, 0.5) is 0 Å². The van der Waals surface area contributed by atoms with Gasteiger partial charge < -0.3 is 13.9 Å². The third kappa shape index (κ3) is 2.80. The van der Waals surface area contributed by atoms with Gasteiger partial charge >= 0.3 is 0 Å². The fourth-order valence-electron chi connectivity index (χ4n) is 4.18. The zero-order chi connectivity index (χ0) is 20.6. The van der Waals surface area contributed by atoms with Gasteiger partial charge in [-0.3, -0.25) is 5.10 Å². The molecule has 150 valence electrons. The highest BCUT2D eigenvalue weighted by Gasteiger charge is 2.37. The standard InChI is InChI=1S/C24H21N3O3/c1-28-20-9-8-17(14-21(20)29-2)24(16-6-4-3-5-7-16)11-10-18-19(15-24)26-27-22(18)23-25-12-13-30-23/h3-14H,15H2,1-2H3,(H,26,27). The molecule has 1 atom stereocenters. The molecule has 5 rings (SSSR count). The summed E-state index contributed by atoms with van der Waals surface area (Å²) in [5.41, 5.74) is 4.68. The molecule has 0 saturated heterocycles. The van der Waals surface area contributed by atoms with E-state index in [0.717, 1.165) is 22.5 Å². The fourth-order valence-corrected chi connectivity index (χ4v) is 4.18. The van der Waals surface area contributed by atoms with Crippen molar-refractivity contribution in [1.82, 2.24) is 15.2 Å². The summed E-state index contributed by atoms with van der Waals surface area (Å²) in [5.74, 6) is 1.92. The van der Waals surface area contributed by atoms with Crippen LogP contribution in [0, 0.1) is 0 Å². The topological polar surface area (TPSA) is 73.2 Å². The quantitative estimate of drug-likeness (QED) is 0.529. The van der Waals surface area contributed by atoms with E-state index in [2.05, 4.69) is 57.7 Å². The first-order chi connectivity index (χ1) is 14.7. The monoisotopic (exact) mass is 399 g/mol. The second kappa shape index (κ2) is 7.22. The first-order valence-electron chi connectivity index (χ1n) is 9.69. The minimum Gasteiger partial charge on any atom is -0.493 e. The Morgan fingerprint density at radius 3 is 2.57 bits per heavy atom. The Hall–Kier alpha value is -3.80. The van der Waals surface area contributed by atoms with Crippen LogP contribution in [-0.4, -0.2) is 29.4 Å². The van der Waals surface area contributed by atoms with Crippen LogP contribution in [0.1, 0.15) is 22.4 Å². The molecule has 1 N–H and O–H groups in total. The molecule has 0 radical (unpaired) electrons. The average Bonchev–Trinajstić information content (AvgIpc) is 3.48. The number of aromatic nitrogens is 3. The number of ether oxygens (including phenoxy) is 2. The Balaban J connectivity index is 1.67. The van der Waals surface area contributed by atoms with Gasteiger partial charge in [0.1, 0.15) is 6.26 Å². The molecule has 2 aromatic carbocycles. The first kappa shape index (κ1) is 18.2. The minimum absolute atomic E-state index is 0.381. The van der Waals surface area contributed by atoms with Crippen molar-refractivity contribution in [3.05, 3.63) is 89.5 Å². The molecule has 0 saturated carbocycles. The number of nitrogens with zero attached hydrogens (tertiary/aromatic N) is 2. The highest BCUT2D eigenvalue weighted by Crippen LogP contribution is 2.44. The van der Waals surface area contributed by atoms with Crippen LogP contribution in [0.3, 0.4) is 0 Å². The first-order valence-corrected chi connectivity index (χ1v) is 9.69. The van der Waals surface area contributed by atoms with Gasteiger partial charge in [-0.05, 0) is 23.3 Å². The number of allylic oxidation sites excluding steroid dienone is 1.